The fraction of sp³-hybridized carbons (Fsp3) is 0.294. The Balaban J connectivity index is 1.69. The standard InChI is InChI=1S/C17H17ClFN3O2/c18-15-9-13(19)1-2-14(15)17(24)22-7-5-21(6-8-22)16-3-4-20-10-12(16)11-23/h1-4,9-10,23H,5-8,11H2. The van der Waals surface area contributed by atoms with Gasteiger partial charge in [0.15, 0.2) is 0 Å². The van der Waals surface area contributed by atoms with Crippen LogP contribution in [-0.2, 0) is 6.61 Å². The van der Waals surface area contributed by atoms with Crippen LogP contribution in [0.15, 0.2) is 36.7 Å². The molecule has 1 saturated heterocycles. The molecule has 1 aromatic carbocycles. The number of carbonyl (C=O) groups is 1. The van der Waals surface area contributed by atoms with Gasteiger partial charge in [0, 0.05) is 49.8 Å². The predicted octanol–water partition coefficient (Wildman–Crippen LogP) is 2.33. The average Bonchev–Trinajstić information content (AvgIpc) is 2.61. The summed E-state index contributed by atoms with van der Waals surface area (Å²) >= 11 is 5.98. The minimum atomic E-state index is -0.462. The largest absolute Gasteiger partial charge is 0.392 e. The first kappa shape index (κ1) is 16.7. The highest BCUT2D eigenvalue weighted by atomic mass is 35.5. The van der Waals surface area contributed by atoms with Crippen LogP contribution in [0.25, 0.3) is 0 Å². The van der Waals surface area contributed by atoms with Gasteiger partial charge >= 0.3 is 0 Å². The summed E-state index contributed by atoms with van der Waals surface area (Å²) in [6.07, 6.45) is 3.33. The van der Waals surface area contributed by atoms with Crippen LogP contribution >= 0.6 is 11.6 Å². The van der Waals surface area contributed by atoms with E-state index in [0.29, 0.717) is 31.7 Å². The number of hydrogen-bond donors (Lipinski definition) is 1. The van der Waals surface area contributed by atoms with E-state index in [2.05, 4.69) is 9.88 Å². The highest BCUT2D eigenvalue weighted by molar-refractivity contribution is 6.33. The van der Waals surface area contributed by atoms with Crippen molar-refractivity contribution in [3.05, 3.63) is 58.6 Å². The van der Waals surface area contributed by atoms with Gasteiger partial charge in [0.1, 0.15) is 5.82 Å². The van der Waals surface area contributed by atoms with Crippen LogP contribution in [0.1, 0.15) is 15.9 Å². The topological polar surface area (TPSA) is 56.7 Å². The molecule has 5 nitrogen and oxygen atoms in total. The van der Waals surface area contributed by atoms with Crippen LogP contribution in [0.3, 0.4) is 0 Å². The van der Waals surface area contributed by atoms with Gasteiger partial charge in [-0.1, -0.05) is 11.6 Å². The predicted molar refractivity (Wildman–Crippen MR) is 89.7 cm³/mol. The van der Waals surface area contributed by atoms with E-state index in [1.807, 2.05) is 6.07 Å². The Morgan fingerprint density at radius 3 is 2.67 bits per heavy atom. The van der Waals surface area contributed by atoms with E-state index in [-0.39, 0.29) is 17.5 Å². The lowest BCUT2D eigenvalue weighted by atomic mass is 10.1. The smallest absolute Gasteiger partial charge is 0.255 e. The minimum Gasteiger partial charge on any atom is -0.392 e. The summed E-state index contributed by atoms with van der Waals surface area (Å²) in [6, 6.07) is 5.66. The number of halogens is 2. The minimum absolute atomic E-state index is 0.0759. The van der Waals surface area contributed by atoms with Crippen molar-refractivity contribution in [2.75, 3.05) is 31.1 Å². The number of anilines is 1. The van der Waals surface area contributed by atoms with Crippen LogP contribution in [-0.4, -0.2) is 47.1 Å². The number of aliphatic hydroxyl groups excluding tert-OH is 1. The maximum atomic E-state index is 13.1. The molecule has 2 aromatic rings. The van der Waals surface area contributed by atoms with E-state index in [0.717, 1.165) is 17.3 Å². The Bertz CT molecular complexity index is 748. The van der Waals surface area contributed by atoms with E-state index in [1.54, 1.807) is 17.3 Å². The monoisotopic (exact) mass is 349 g/mol. The summed E-state index contributed by atoms with van der Waals surface area (Å²) in [5.74, 6) is -0.660. The maximum absolute atomic E-state index is 13.1. The van der Waals surface area contributed by atoms with E-state index in [9.17, 15) is 14.3 Å². The van der Waals surface area contributed by atoms with Gasteiger partial charge in [0.05, 0.1) is 17.2 Å². The van der Waals surface area contributed by atoms with Gasteiger partial charge in [-0.25, -0.2) is 4.39 Å². The molecule has 3 rings (SSSR count). The number of piperazine rings is 1. The first-order valence-corrected chi connectivity index (χ1v) is 8.01. The summed E-state index contributed by atoms with van der Waals surface area (Å²) in [5.41, 5.74) is 2.00. The first-order valence-electron chi connectivity index (χ1n) is 7.63. The zero-order valence-corrected chi connectivity index (χ0v) is 13.7. The fourth-order valence-corrected chi connectivity index (χ4v) is 3.08. The number of pyridine rings is 1. The zero-order valence-electron chi connectivity index (χ0n) is 13.0. The second-order valence-electron chi connectivity index (χ2n) is 5.57. The van der Waals surface area contributed by atoms with E-state index < -0.39 is 5.82 Å². The Labute approximate surface area is 144 Å². The Morgan fingerprint density at radius 2 is 2.00 bits per heavy atom. The molecule has 2 heterocycles. The molecule has 1 aromatic heterocycles. The second-order valence-corrected chi connectivity index (χ2v) is 5.97. The van der Waals surface area contributed by atoms with Gasteiger partial charge in [-0.3, -0.25) is 9.78 Å². The molecule has 126 valence electrons. The van der Waals surface area contributed by atoms with Gasteiger partial charge in [-0.05, 0) is 24.3 Å². The van der Waals surface area contributed by atoms with Crippen molar-refractivity contribution in [2.24, 2.45) is 0 Å². The van der Waals surface area contributed by atoms with Crippen LogP contribution in [0, 0.1) is 5.82 Å². The normalized spacial score (nSPS) is 14.8. The third-order valence-electron chi connectivity index (χ3n) is 4.12. The van der Waals surface area contributed by atoms with Crippen molar-refractivity contribution in [1.82, 2.24) is 9.88 Å². The summed E-state index contributed by atoms with van der Waals surface area (Å²) in [5, 5.41) is 9.54. The molecule has 0 radical (unpaired) electrons. The van der Waals surface area contributed by atoms with Crippen molar-refractivity contribution in [2.45, 2.75) is 6.61 Å². The van der Waals surface area contributed by atoms with Crippen LogP contribution < -0.4 is 4.90 Å². The van der Waals surface area contributed by atoms with E-state index in [1.165, 1.54) is 12.1 Å². The molecule has 1 amide bonds. The number of aromatic nitrogens is 1. The third-order valence-corrected chi connectivity index (χ3v) is 4.43. The Hall–Kier alpha value is -2.18. The van der Waals surface area contributed by atoms with Gasteiger partial charge in [0.25, 0.3) is 5.91 Å². The number of amides is 1. The molecule has 0 unspecified atom stereocenters. The molecule has 1 fully saturated rings. The molecule has 0 saturated carbocycles. The second kappa shape index (κ2) is 7.15. The van der Waals surface area contributed by atoms with Gasteiger partial charge in [0.2, 0.25) is 0 Å². The van der Waals surface area contributed by atoms with E-state index >= 15 is 0 Å². The molecule has 1 N–H and O–H groups in total. The lowest BCUT2D eigenvalue weighted by Gasteiger charge is -2.37. The SMILES string of the molecule is O=C(c1ccc(F)cc1Cl)N1CCN(c2ccncc2CO)CC1. The molecular formula is C17H17ClFN3O2. The molecule has 24 heavy (non-hydrogen) atoms. The van der Waals surface area contributed by atoms with Crippen LogP contribution in [0.4, 0.5) is 10.1 Å². The highest BCUT2D eigenvalue weighted by Gasteiger charge is 2.24. The first-order chi connectivity index (χ1) is 11.6. The molecule has 1 aliphatic rings. The molecule has 0 aliphatic carbocycles. The maximum Gasteiger partial charge on any atom is 0.255 e. The quantitative estimate of drug-likeness (QED) is 0.924. The Kier molecular flexibility index (Phi) is 4.97. The number of carbonyl (C=O) groups excluding carboxylic acids is 1. The molecule has 0 bridgehead atoms. The van der Waals surface area contributed by atoms with Gasteiger partial charge < -0.3 is 14.9 Å². The number of hydrogen-bond acceptors (Lipinski definition) is 4. The summed E-state index contributed by atoms with van der Waals surface area (Å²) in [4.78, 5) is 20.4. The molecule has 7 heteroatoms. The summed E-state index contributed by atoms with van der Waals surface area (Å²) in [6.45, 7) is 2.26. The van der Waals surface area contributed by atoms with Crippen molar-refractivity contribution in [3.8, 4) is 0 Å². The summed E-state index contributed by atoms with van der Waals surface area (Å²) in [7, 11) is 0. The fourth-order valence-electron chi connectivity index (χ4n) is 2.83. The molecular weight excluding hydrogens is 333 g/mol. The molecule has 0 spiro atoms. The zero-order chi connectivity index (χ0) is 17.1. The van der Waals surface area contributed by atoms with Crippen LogP contribution in [0.5, 0.6) is 0 Å². The van der Waals surface area contributed by atoms with Crippen LogP contribution in [0.2, 0.25) is 5.02 Å². The lowest BCUT2D eigenvalue weighted by Crippen LogP contribution is -2.49. The third kappa shape index (κ3) is 3.34. The van der Waals surface area contributed by atoms with Gasteiger partial charge in [-0.15, -0.1) is 0 Å². The van der Waals surface area contributed by atoms with E-state index in [4.69, 9.17) is 11.6 Å². The van der Waals surface area contributed by atoms with Gasteiger partial charge in [-0.2, -0.15) is 0 Å². The van der Waals surface area contributed by atoms with Crippen molar-refractivity contribution >= 4 is 23.2 Å². The average molecular weight is 350 g/mol. The number of nitrogens with zero attached hydrogens (tertiary/aromatic N) is 3. The molecule has 0 atom stereocenters. The van der Waals surface area contributed by atoms with Crippen molar-refractivity contribution < 1.29 is 14.3 Å². The summed E-state index contributed by atoms with van der Waals surface area (Å²) < 4.78 is 13.1. The highest BCUT2D eigenvalue weighted by Crippen LogP contribution is 2.23. The lowest BCUT2D eigenvalue weighted by molar-refractivity contribution is 0.0746. The Morgan fingerprint density at radius 1 is 1.25 bits per heavy atom. The van der Waals surface area contributed by atoms with Crippen molar-refractivity contribution in [3.63, 3.8) is 0 Å². The number of benzene rings is 1. The molecule has 1 aliphatic heterocycles. The number of rotatable bonds is 3. The van der Waals surface area contributed by atoms with Crippen molar-refractivity contribution in [1.29, 1.82) is 0 Å². The number of aliphatic hydroxyl groups is 1.